The molecule has 2 N–H and O–H groups in total. The van der Waals surface area contributed by atoms with Crippen LogP contribution in [0.3, 0.4) is 0 Å². The third-order valence-corrected chi connectivity index (χ3v) is 4.42. The van der Waals surface area contributed by atoms with E-state index in [4.69, 9.17) is 0 Å². The average Bonchev–Trinajstić information content (AvgIpc) is 2.94. The van der Waals surface area contributed by atoms with Gasteiger partial charge in [0.25, 0.3) is 0 Å². The van der Waals surface area contributed by atoms with Crippen molar-refractivity contribution in [2.24, 2.45) is 0 Å². The lowest BCUT2D eigenvalue weighted by molar-refractivity contribution is -0.133. The van der Waals surface area contributed by atoms with Crippen LogP contribution in [0.5, 0.6) is 0 Å². The number of H-pyrrole nitrogens is 1. The molecule has 0 bridgehead atoms. The number of aromatic amines is 1. The summed E-state index contributed by atoms with van der Waals surface area (Å²) in [5.41, 5.74) is 2.40. The molecule has 1 atom stereocenters. The van der Waals surface area contributed by atoms with Crippen molar-refractivity contribution < 1.29 is 9.59 Å². The molecule has 21 heavy (non-hydrogen) atoms. The summed E-state index contributed by atoms with van der Waals surface area (Å²) in [5.74, 6) is 0.232. The first-order valence-electron chi connectivity index (χ1n) is 7.80. The minimum atomic E-state index is 0.0429. The fourth-order valence-corrected chi connectivity index (χ4v) is 3.17. The Morgan fingerprint density at radius 2 is 2.33 bits per heavy atom. The van der Waals surface area contributed by atoms with Gasteiger partial charge in [0.1, 0.15) is 0 Å². The van der Waals surface area contributed by atoms with Crippen molar-refractivity contribution in [3.05, 3.63) is 17.5 Å². The Morgan fingerprint density at radius 1 is 1.43 bits per heavy atom. The van der Waals surface area contributed by atoms with Gasteiger partial charge in [-0.2, -0.15) is 5.10 Å². The van der Waals surface area contributed by atoms with Gasteiger partial charge in [0.15, 0.2) is 0 Å². The minimum Gasteiger partial charge on any atom is -0.353 e. The Balaban J connectivity index is 1.43. The number of carbonyl (C=O) groups excluding carboxylic acids is 2. The van der Waals surface area contributed by atoms with E-state index in [2.05, 4.69) is 15.5 Å². The molecular formula is C15H22N4O2. The zero-order valence-electron chi connectivity index (χ0n) is 12.2. The predicted octanol–water partition coefficient (Wildman–Crippen LogP) is 0.786. The normalized spacial score (nSPS) is 22.0. The van der Waals surface area contributed by atoms with Crippen LogP contribution in [-0.4, -0.2) is 46.0 Å². The summed E-state index contributed by atoms with van der Waals surface area (Å²) >= 11 is 0. The van der Waals surface area contributed by atoms with Gasteiger partial charge in [-0.1, -0.05) is 0 Å². The van der Waals surface area contributed by atoms with Crippen LogP contribution in [0, 0.1) is 0 Å². The SMILES string of the molecule is O=C(CCN1CCCCC1=O)N[C@H]1CCc2cn[nH]c2C1. The van der Waals surface area contributed by atoms with E-state index in [9.17, 15) is 9.59 Å². The van der Waals surface area contributed by atoms with E-state index in [1.165, 1.54) is 5.56 Å². The smallest absolute Gasteiger partial charge is 0.222 e. The van der Waals surface area contributed by atoms with Crippen LogP contribution in [0.1, 0.15) is 43.4 Å². The molecule has 1 aromatic heterocycles. The first kappa shape index (κ1) is 14.1. The van der Waals surface area contributed by atoms with Crippen LogP contribution in [0.4, 0.5) is 0 Å². The third kappa shape index (κ3) is 3.43. The van der Waals surface area contributed by atoms with Crippen LogP contribution in [-0.2, 0) is 22.4 Å². The first-order valence-corrected chi connectivity index (χ1v) is 7.80. The Labute approximate surface area is 124 Å². The Kier molecular flexibility index (Phi) is 4.22. The second-order valence-electron chi connectivity index (χ2n) is 5.97. The standard InChI is InChI=1S/C15H22N4O2/c20-14(6-8-19-7-2-1-3-15(19)21)17-12-5-4-11-10-16-18-13(11)9-12/h10,12H,1-9H2,(H,16,18)(H,17,20)/t12-/m0/s1. The van der Waals surface area contributed by atoms with Crippen LogP contribution < -0.4 is 5.32 Å². The number of rotatable bonds is 4. The number of nitrogens with zero attached hydrogens (tertiary/aromatic N) is 2. The summed E-state index contributed by atoms with van der Waals surface area (Å²) in [5, 5.41) is 10.1. The molecule has 0 aromatic carbocycles. The predicted molar refractivity (Wildman–Crippen MR) is 77.6 cm³/mol. The molecule has 0 radical (unpaired) electrons. The van der Waals surface area contributed by atoms with Crippen LogP contribution >= 0.6 is 0 Å². The number of aryl methyl sites for hydroxylation is 1. The Bertz CT molecular complexity index is 525. The largest absolute Gasteiger partial charge is 0.353 e. The molecule has 1 fully saturated rings. The Morgan fingerprint density at radius 3 is 3.19 bits per heavy atom. The highest BCUT2D eigenvalue weighted by molar-refractivity contribution is 5.79. The number of hydrogen-bond acceptors (Lipinski definition) is 3. The molecule has 1 aromatic rings. The maximum Gasteiger partial charge on any atom is 0.222 e. The molecule has 0 saturated carbocycles. The number of amides is 2. The van der Waals surface area contributed by atoms with Crippen LogP contribution in [0.2, 0.25) is 0 Å². The van der Waals surface area contributed by atoms with Gasteiger partial charge >= 0.3 is 0 Å². The zero-order valence-corrected chi connectivity index (χ0v) is 12.2. The number of piperidine rings is 1. The number of aromatic nitrogens is 2. The van der Waals surface area contributed by atoms with E-state index in [1.54, 1.807) is 0 Å². The van der Waals surface area contributed by atoms with Gasteiger partial charge in [-0.25, -0.2) is 0 Å². The van der Waals surface area contributed by atoms with Crippen molar-refractivity contribution in [2.75, 3.05) is 13.1 Å². The van der Waals surface area contributed by atoms with Gasteiger partial charge in [0.2, 0.25) is 11.8 Å². The topological polar surface area (TPSA) is 78.1 Å². The molecule has 1 aliphatic heterocycles. The molecule has 1 aliphatic carbocycles. The van der Waals surface area contributed by atoms with Crippen LogP contribution in [0.25, 0.3) is 0 Å². The van der Waals surface area contributed by atoms with E-state index in [0.29, 0.717) is 19.4 Å². The molecule has 6 heteroatoms. The average molecular weight is 290 g/mol. The zero-order chi connectivity index (χ0) is 14.7. The van der Waals surface area contributed by atoms with Gasteiger partial charge in [0.05, 0.1) is 6.20 Å². The van der Waals surface area contributed by atoms with Gasteiger partial charge in [-0.3, -0.25) is 14.7 Å². The van der Waals surface area contributed by atoms with Gasteiger partial charge in [-0.15, -0.1) is 0 Å². The second kappa shape index (κ2) is 6.28. The number of fused-ring (bicyclic) bond motifs is 1. The molecule has 114 valence electrons. The lowest BCUT2D eigenvalue weighted by Crippen LogP contribution is -2.42. The summed E-state index contributed by atoms with van der Waals surface area (Å²) in [4.78, 5) is 25.5. The number of carbonyl (C=O) groups is 2. The highest BCUT2D eigenvalue weighted by atomic mass is 16.2. The van der Waals surface area contributed by atoms with Crippen molar-refractivity contribution in [2.45, 2.75) is 51.0 Å². The lowest BCUT2D eigenvalue weighted by atomic mass is 9.93. The quantitative estimate of drug-likeness (QED) is 0.860. The minimum absolute atomic E-state index is 0.0429. The molecule has 3 rings (SSSR count). The highest BCUT2D eigenvalue weighted by Gasteiger charge is 2.22. The summed E-state index contributed by atoms with van der Waals surface area (Å²) in [6.45, 7) is 1.35. The van der Waals surface area contributed by atoms with Gasteiger partial charge in [0, 0.05) is 44.1 Å². The summed E-state index contributed by atoms with van der Waals surface area (Å²) in [7, 11) is 0. The molecule has 1 saturated heterocycles. The van der Waals surface area contributed by atoms with E-state index < -0.39 is 0 Å². The van der Waals surface area contributed by atoms with Crippen molar-refractivity contribution in [3.8, 4) is 0 Å². The summed E-state index contributed by atoms with van der Waals surface area (Å²) in [6.07, 6.45) is 7.68. The first-order chi connectivity index (χ1) is 10.2. The molecule has 0 unspecified atom stereocenters. The number of hydrogen-bond donors (Lipinski definition) is 2. The fourth-order valence-electron chi connectivity index (χ4n) is 3.17. The molecule has 2 amide bonds. The maximum absolute atomic E-state index is 12.0. The molecule has 2 aliphatic rings. The van der Waals surface area contributed by atoms with Crippen LogP contribution in [0.15, 0.2) is 6.20 Å². The Hall–Kier alpha value is -1.85. The van der Waals surface area contributed by atoms with Crippen molar-refractivity contribution >= 4 is 11.8 Å². The van der Waals surface area contributed by atoms with Crippen molar-refractivity contribution in [1.29, 1.82) is 0 Å². The third-order valence-electron chi connectivity index (χ3n) is 4.42. The molecular weight excluding hydrogens is 268 g/mol. The molecule has 2 heterocycles. The van der Waals surface area contributed by atoms with Gasteiger partial charge < -0.3 is 10.2 Å². The monoisotopic (exact) mass is 290 g/mol. The lowest BCUT2D eigenvalue weighted by Gasteiger charge is -2.27. The highest BCUT2D eigenvalue weighted by Crippen LogP contribution is 2.19. The second-order valence-corrected chi connectivity index (χ2v) is 5.97. The van der Waals surface area contributed by atoms with Crippen molar-refractivity contribution in [1.82, 2.24) is 20.4 Å². The molecule has 0 spiro atoms. The maximum atomic E-state index is 12.0. The van der Waals surface area contributed by atoms with Gasteiger partial charge in [-0.05, 0) is 31.2 Å². The van der Waals surface area contributed by atoms with E-state index >= 15 is 0 Å². The summed E-state index contributed by atoms with van der Waals surface area (Å²) in [6, 6.07) is 0.183. The summed E-state index contributed by atoms with van der Waals surface area (Å²) < 4.78 is 0. The molecule has 6 nitrogen and oxygen atoms in total. The van der Waals surface area contributed by atoms with Crippen molar-refractivity contribution in [3.63, 3.8) is 0 Å². The number of nitrogens with one attached hydrogen (secondary N) is 2. The van der Waals surface area contributed by atoms with E-state index in [0.717, 1.165) is 44.3 Å². The fraction of sp³-hybridized carbons (Fsp3) is 0.667. The van der Waals surface area contributed by atoms with E-state index in [-0.39, 0.29) is 17.9 Å². The van der Waals surface area contributed by atoms with E-state index in [1.807, 2.05) is 11.1 Å². The number of likely N-dealkylation sites (tertiary alicyclic amines) is 1.